The van der Waals surface area contributed by atoms with Gasteiger partial charge in [-0.3, -0.25) is 19.5 Å². The van der Waals surface area contributed by atoms with E-state index >= 15 is 0 Å². The molecule has 0 aliphatic carbocycles. The van der Waals surface area contributed by atoms with Crippen LogP contribution in [-0.2, 0) is 6.54 Å². The topological polar surface area (TPSA) is 119 Å². The van der Waals surface area contributed by atoms with Crippen LogP contribution in [0.4, 0.5) is 30.2 Å². The number of rotatable bonds is 7. The van der Waals surface area contributed by atoms with Crippen molar-refractivity contribution in [1.82, 2.24) is 14.7 Å². The molecule has 0 saturated heterocycles. The van der Waals surface area contributed by atoms with E-state index in [2.05, 4.69) is 15.7 Å². The van der Waals surface area contributed by atoms with Gasteiger partial charge in [-0.2, -0.15) is 13.2 Å². The van der Waals surface area contributed by atoms with Crippen molar-refractivity contribution in [3.63, 3.8) is 0 Å². The highest BCUT2D eigenvalue weighted by Gasteiger charge is 2.42. The number of H-pyrrole nitrogens is 1. The highest BCUT2D eigenvalue weighted by atomic mass is 32.1. The van der Waals surface area contributed by atoms with E-state index in [0.717, 1.165) is 16.0 Å². The molecule has 182 valence electrons. The van der Waals surface area contributed by atoms with Crippen LogP contribution in [0.2, 0.25) is 0 Å². The van der Waals surface area contributed by atoms with Gasteiger partial charge in [0.05, 0.1) is 11.3 Å². The van der Waals surface area contributed by atoms with Gasteiger partial charge in [-0.25, -0.2) is 4.68 Å². The lowest BCUT2D eigenvalue weighted by Gasteiger charge is -2.23. The number of phenols is 1. The number of aromatic nitrogens is 2. The number of nitrogens with one attached hydrogen (secondary N) is 3. The molecular formula is C21H22F3N5O4S. The van der Waals surface area contributed by atoms with Crippen molar-refractivity contribution in [3.05, 3.63) is 66.9 Å². The quantitative estimate of drug-likeness (QED) is 0.371. The Balaban J connectivity index is 2.16. The maximum Gasteiger partial charge on any atom is 0.413 e. The third-order valence-corrected chi connectivity index (χ3v) is 5.80. The number of carbonyl (C=O) groups excluding carboxylic acids is 1. The zero-order valence-electron chi connectivity index (χ0n) is 18.4. The summed E-state index contributed by atoms with van der Waals surface area (Å²) in [6.07, 6.45) is -4.78. The molecule has 3 rings (SSSR count). The van der Waals surface area contributed by atoms with Crippen molar-refractivity contribution < 1.29 is 23.1 Å². The van der Waals surface area contributed by atoms with Gasteiger partial charge in [-0.05, 0) is 30.5 Å². The Hall–Kier alpha value is -3.74. The standard InChI is InChI=1S/C21H22F3N5O4S/c1-4-29-20(33)15(25-12-8-5-7-11(16(12)30)19(32)28(2)3)14(18(31)27-29)26-17(21(22,23)24)13-9-6-10-34-13/h5-10,17,25-26,30H,4H2,1-3H3,(H,27,31). The lowest BCUT2D eigenvalue weighted by molar-refractivity contribution is -0.143. The normalized spacial score (nSPS) is 12.3. The summed E-state index contributed by atoms with van der Waals surface area (Å²) >= 11 is 0.834. The number of hydrogen-bond donors (Lipinski definition) is 4. The summed E-state index contributed by atoms with van der Waals surface area (Å²) < 4.78 is 42.4. The molecule has 0 aliphatic rings. The summed E-state index contributed by atoms with van der Waals surface area (Å²) in [4.78, 5) is 39.2. The van der Waals surface area contributed by atoms with Gasteiger partial charge in [-0.1, -0.05) is 12.1 Å². The van der Waals surface area contributed by atoms with Gasteiger partial charge >= 0.3 is 6.18 Å². The fourth-order valence-corrected chi connectivity index (χ4v) is 3.97. The van der Waals surface area contributed by atoms with E-state index in [-0.39, 0.29) is 22.7 Å². The maximum absolute atomic E-state index is 13.8. The molecule has 0 aliphatic heterocycles. The number of aryl methyl sites for hydroxylation is 1. The first-order valence-electron chi connectivity index (χ1n) is 10.00. The number of alkyl halides is 3. The highest BCUT2D eigenvalue weighted by Crippen LogP contribution is 2.39. The van der Waals surface area contributed by atoms with Gasteiger partial charge in [0.15, 0.2) is 11.8 Å². The monoisotopic (exact) mass is 497 g/mol. The van der Waals surface area contributed by atoms with Crippen LogP contribution in [0.25, 0.3) is 0 Å². The Morgan fingerprint density at radius 2 is 1.91 bits per heavy atom. The van der Waals surface area contributed by atoms with Crippen LogP contribution in [-0.4, -0.2) is 46.0 Å². The summed E-state index contributed by atoms with van der Waals surface area (Å²) in [6, 6.07) is 4.52. The molecule has 0 fully saturated rings. The van der Waals surface area contributed by atoms with Gasteiger partial charge in [0.2, 0.25) is 0 Å². The second kappa shape index (κ2) is 9.63. The molecule has 2 aromatic heterocycles. The largest absolute Gasteiger partial charge is 0.505 e. The molecule has 0 spiro atoms. The van der Waals surface area contributed by atoms with Gasteiger partial charge in [-0.15, -0.1) is 11.3 Å². The molecule has 9 nitrogen and oxygen atoms in total. The third-order valence-electron chi connectivity index (χ3n) is 4.86. The zero-order valence-corrected chi connectivity index (χ0v) is 19.2. The summed E-state index contributed by atoms with van der Waals surface area (Å²) in [6.45, 7) is 1.59. The number of para-hydroxylation sites is 1. The smallest absolute Gasteiger partial charge is 0.413 e. The number of phenolic OH excluding ortho intramolecular Hbond substituents is 1. The number of thiophene rings is 1. The van der Waals surface area contributed by atoms with E-state index in [1.165, 1.54) is 54.7 Å². The predicted molar refractivity (Wildman–Crippen MR) is 123 cm³/mol. The van der Waals surface area contributed by atoms with Gasteiger partial charge in [0.1, 0.15) is 11.4 Å². The Kier molecular flexibility index (Phi) is 7.05. The molecular weight excluding hydrogens is 475 g/mol. The van der Waals surface area contributed by atoms with Crippen molar-refractivity contribution in [3.8, 4) is 5.75 Å². The number of halogens is 3. The number of carbonyl (C=O) groups is 1. The van der Waals surface area contributed by atoms with Crippen molar-refractivity contribution in [2.45, 2.75) is 25.7 Å². The summed E-state index contributed by atoms with van der Waals surface area (Å²) in [5.74, 6) is -1.06. The molecule has 0 bridgehead atoms. The van der Waals surface area contributed by atoms with Crippen molar-refractivity contribution in [1.29, 1.82) is 0 Å². The van der Waals surface area contributed by atoms with Gasteiger partial charge in [0, 0.05) is 25.5 Å². The van der Waals surface area contributed by atoms with E-state index in [4.69, 9.17) is 0 Å². The zero-order chi connectivity index (χ0) is 25.2. The molecule has 1 aromatic carbocycles. The van der Waals surface area contributed by atoms with Crippen molar-refractivity contribution >= 4 is 34.3 Å². The maximum atomic E-state index is 13.8. The van der Waals surface area contributed by atoms with Crippen LogP contribution in [0.15, 0.2) is 45.3 Å². The molecule has 0 radical (unpaired) electrons. The van der Waals surface area contributed by atoms with E-state index < -0.39 is 46.4 Å². The predicted octanol–water partition coefficient (Wildman–Crippen LogP) is 3.48. The lowest BCUT2D eigenvalue weighted by atomic mass is 10.1. The number of hydrogen-bond acceptors (Lipinski definition) is 7. The molecule has 1 unspecified atom stereocenters. The van der Waals surface area contributed by atoms with Crippen LogP contribution >= 0.6 is 11.3 Å². The molecule has 2 heterocycles. The number of aromatic hydroxyl groups is 1. The summed E-state index contributed by atoms with van der Waals surface area (Å²) in [5, 5.41) is 19.0. The minimum absolute atomic E-state index is 0.0296. The second-order valence-electron chi connectivity index (χ2n) is 7.40. The van der Waals surface area contributed by atoms with Crippen LogP contribution in [0.1, 0.15) is 28.2 Å². The Morgan fingerprint density at radius 1 is 1.21 bits per heavy atom. The van der Waals surface area contributed by atoms with Crippen molar-refractivity contribution in [2.75, 3.05) is 24.7 Å². The molecule has 13 heteroatoms. The number of aromatic amines is 1. The molecule has 1 atom stereocenters. The van der Waals surface area contributed by atoms with Crippen molar-refractivity contribution in [2.24, 2.45) is 0 Å². The van der Waals surface area contributed by atoms with E-state index in [1.807, 2.05) is 0 Å². The Labute approximate surface area is 195 Å². The number of nitrogens with zero attached hydrogens (tertiary/aromatic N) is 2. The Bertz CT molecular complexity index is 1300. The van der Waals surface area contributed by atoms with Gasteiger partial charge < -0.3 is 20.6 Å². The average Bonchev–Trinajstić information content (AvgIpc) is 3.29. The minimum atomic E-state index is -4.78. The molecule has 0 saturated carbocycles. The SMILES string of the molecule is CCn1[nH]c(=O)c(NC(c2cccs2)C(F)(F)F)c(Nc2cccc(C(=O)N(C)C)c2O)c1=O. The van der Waals surface area contributed by atoms with Crippen LogP contribution in [0.3, 0.4) is 0 Å². The minimum Gasteiger partial charge on any atom is -0.505 e. The average molecular weight is 497 g/mol. The number of anilines is 3. The fourth-order valence-electron chi connectivity index (χ4n) is 3.17. The Morgan fingerprint density at radius 3 is 2.47 bits per heavy atom. The molecule has 34 heavy (non-hydrogen) atoms. The highest BCUT2D eigenvalue weighted by molar-refractivity contribution is 7.10. The summed E-state index contributed by atoms with van der Waals surface area (Å²) in [7, 11) is 2.95. The first-order chi connectivity index (χ1) is 16.0. The fraction of sp³-hybridized carbons (Fsp3) is 0.286. The van der Waals surface area contributed by atoms with E-state index in [1.54, 1.807) is 6.92 Å². The van der Waals surface area contributed by atoms with Gasteiger partial charge in [0.25, 0.3) is 17.0 Å². The third kappa shape index (κ3) is 4.93. The molecule has 3 aromatic rings. The van der Waals surface area contributed by atoms with E-state index in [0.29, 0.717) is 0 Å². The summed E-state index contributed by atoms with van der Waals surface area (Å²) in [5.41, 5.74) is -3.22. The van der Waals surface area contributed by atoms with Crippen LogP contribution in [0.5, 0.6) is 5.75 Å². The first kappa shape index (κ1) is 24.9. The van der Waals surface area contributed by atoms with Crippen LogP contribution in [0, 0.1) is 0 Å². The number of amides is 1. The molecule has 4 N–H and O–H groups in total. The molecule has 1 amide bonds. The van der Waals surface area contributed by atoms with Crippen LogP contribution < -0.4 is 21.8 Å². The van der Waals surface area contributed by atoms with E-state index in [9.17, 15) is 32.7 Å². The first-order valence-corrected chi connectivity index (χ1v) is 10.9. The number of benzene rings is 1. The lowest BCUT2D eigenvalue weighted by Crippen LogP contribution is -2.36. The second-order valence-corrected chi connectivity index (χ2v) is 8.38.